The van der Waals surface area contributed by atoms with Crippen LogP contribution in [0.25, 0.3) is 11.1 Å². The van der Waals surface area contributed by atoms with E-state index in [-0.39, 0.29) is 5.91 Å². The van der Waals surface area contributed by atoms with Gasteiger partial charge in [-0.05, 0) is 35.1 Å². The Morgan fingerprint density at radius 2 is 1.76 bits per heavy atom. The van der Waals surface area contributed by atoms with Crippen LogP contribution in [-0.2, 0) is 35.3 Å². The molecule has 1 amide bonds. The fourth-order valence-electron chi connectivity index (χ4n) is 3.60. The van der Waals surface area contributed by atoms with E-state index in [9.17, 15) is 4.79 Å². The van der Waals surface area contributed by atoms with Gasteiger partial charge in [0.25, 0.3) is 0 Å². The lowest BCUT2D eigenvalue weighted by Gasteiger charge is -2.21. The predicted octanol–water partition coefficient (Wildman–Crippen LogP) is 3.41. The van der Waals surface area contributed by atoms with E-state index in [1.165, 1.54) is 22.3 Å². The maximum atomic E-state index is 11.8. The van der Waals surface area contributed by atoms with Crippen LogP contribution >= 0.6 is 0 Å². The van der Waals surface area contributed by atoms with Crippen molar-refractivity contribution in [3.8, 4) is 11.1 Å². The van der Waals surface area contributed by atoms with E-state index in [0.29, 0.717) is 19.6 Å². The number of carbonyl (C=O) groups is 1. The lowest BCUT2D eigenvalue weighted by atomic mass is 10.0. The summed E-state index contributed by atoms with van der Waals surface area (Å²) in [5, 5.41) is 2.83. The molecular formula is C24H27N3O2. The Morgan fingerprint density at radius 1 is 1.07 bits per heavy atom. The minimum atomic E-state index is -0.425. The summed E-state index contributed by atoms with van der Waals surface area (Å²) in [7, 11) is 0. The zero-order chi connectivity index (χ0) is 20.1. The molecule has 1 atom stereocenters. The fraction of sp³-hybridized carbons (Fsp3) is 0.333. The normalized spacial score (nSPS) is 16.6. The van der Waals surface area contributed by atoms with Crippen molar-refractivity contribution in [3.05, 3.63) is 77.9 Å². The summed E-state index contributed by atoms with van der Waals surface area (Å²) in [5.41, 5.74) is 6.04. The Morgan fingerprint density at radius 3 is 2.41 bits per heavy atom. The zero-order valence-corrected chi connectivity index (χ0v) is 16.8. The Kier molecular flexibility index (Phi) is 6.06. The van der Waals surface area contributed by atoms with Crippen LogP contribution in [0.5, 0.6) is 0 Å². The van der Waals surface area contributed by atoms with Gasteiger partial charge in [0.2, 0.25) is 5.91 Å². The van der Waals surface area contributed by atoms with E-state index in [2.05, 4.69) is 70.3 Å². The van der Waals surface area contributed by atoms with E-state index in [0.717, 1.165) is 25.1 Å². The van der Waals surface area contributed by atoms with Crippen LogP contribution in [0.15, 0.2) is 61.1 Å². The van der Waals surface area contributed by atoms with Gasteiger partial charge in [-0.3, -0.25) is 4.79 Å². The third-order valence-electron chi connectivity index (χ3n) is 5.40. The molecule has 4 rings (SSSR count). The Hall–Kier alpha value is -2.92. The summed E-state index contributed by atoms with van der Waals surface area (Å²) in [6.07, 6.45) is 5.94. The highest BCUT2D eigenvalue weighted by molar-refractivity contribution is 5.81. The standard InChI is InChI=1S/C24H27N3O2/c1-2-18-3-7-20(8-4-18)21-9-5-19(6-10-21)11-13-27-16-22(26-17-27)15-23-24(28)25-12-14-29-23/h3-10,16-17,23H,2,11-15H2,1H3,(H,25,28). The molecule has 3 aromatic rings. The number of ether oxygens (including phenoxy) is 1. The summed E-state index contributed by atoms with van der Waals surface area (Å²) in [6.45, 7) is 4.19. The van der Waals surface area contributed by atoms with Gasteiger partial charge < -0.3 is 14.6 Å². The first-order valence-electron chi connectivity index (χ1n) is 10.3. The quantitative estimate of drug-likeness (QED) is 0.674. The average Bonchev–Trinajstić information content (AvgIpc) is 3.22. The fourth-order valence-corrected chi connectivity index (χ4v) is 3.60. The lowest BCUT2D eigenvalue weighted by molar-refractivity contribution is -0.137. The van der Waals surface area contributed by atoms with Gasteiger partial charge in [0.05, 0.1) is 18.6 Å². The van der Waals surface area contributed by atoms with E-state index in [1.807, 2.05) is 12.5 Å². The summed E-state index contributed by atoms with van der Waals surface area (Å²) in [6, 6.07) is 17.5. The molecule has 0 spiro atoms. The van der Waals surface area contributed by atoms with Crippen LogP contribution in [0.1, 0.15) is 23.7 Å². The second-order valence-corrected chi connectivity index (χ2v) is 7.45. The molecule has 29 heavy (non-hydrogen) atoms. The second kappa shape index (κ2) is 9.05. The zero-order valence-electron chi connectivity index (χ0n) is 16.8. The molecule has 1 aliphatic heterocycles. The molecule has 1 fully saturated rings. The lowest BCUT2D eigenvalue weighted by Crippen LogP contribution is -2.45. The Balaban J connectivity index is 1.32. The smallest absolute Gasteiger partial charge is 0.249 e. The molecule has 150 valence electrons. The number of aromatic nitrogens is 2. The predicted molar refractivity (Wildman–Crippen MR) is 114 cm³/mol. The van der Waals surface area contributed by atoms with Crippen molar-refractivity contribution in [2.45, 2.75) is 38.8 Å². The monoisotopic (exact) mass is 389 g/mol. The van der Waals surface area contributed by atoms with Gasteiger partial charge in [-0.25, -0.2) is 4.98 Å². The third-order valence-corrected chi connectivity index (χ3v) is 5.40. The molecule has 1 unspecified atom stereocenters. The van der Waals surface area contributed by atoms with E-state index >= 15 is 0 Å². The topological polar surface area (TPSA) is 56.1 Å². The number of aryl methyl sites for hydroxylation is 3. The number of amides is 1. The van der Waals surface area contributed by atoms with Crippen LogP contribution in [0.3, 0.4) is 0 Å². The van der Waals surface area contributed by atoms with Crippen molar-refractivity contribution in [2.24, 2.45) is 0 Å². The summed E-state index contributed by atoms with van der Waals surface area (Å²) >= 11 is 0. The molecule has 1 aliphatic rings. The Bertz CT molecular complexity index is 945. The maximum absolute atomic E-state index is 11.8. The van der Waals surface area contributed by atoms with Crippen LogP contribution in [0.4, 0.5) is 0 Å². The van der Waals surface area contributed by atoms with Crippen molar-refractivity contribution in [3.63, 3.8) is 0 Å². The van der Waals surface area contributed by atoms with Gasteiger partial charge in [-0.1, -0.05) is 55.5 Å². The van der Waals surface area contributed by atoms with Crippen LogP contribution in [0.2, 0.25) is 0 Å². The van der Waals surface area contributed by atoms with Crippen molar-refractivity contribution in [1.29, 1.82) is 0 Å². The average molecular weight is 389 g/mol. The molecule has 1 aromatic heterocycles. The molecule has 0 bridgehead atoms. The molecule has 5 heteroatoms. The largest absolute Gasteiger partial charge is 0.366 e. The molecule has 1 N–H and O–H groups in total. The number of benzene rings is 2. The van der Waals surface area contributed by atoms with Crippen molar-refractivity contribution in [2.75, 3.05) is 13.2 Å². The first-order valence-corrected chi connectivity index (χ1v) is 10.3. The molecule has 2 aromatic carbocycles. The number of hydrogen-bond acceptors (Lipinski definition) is 3. The van der Waals surface area contributed by atoms with Gasteiger partial charge in [-0.15, -0.1) is 0 Å². The maximum Gasteiger partial charge on any atom is 0.249 e. The van der Waals surface area contributed by atoms with E-state index < -0.39 is 6.10 Å². The number of imidazole rings is 1. The van der Waals surface area contributed by atoms with Gasteiger partial charge in [0.15, 0.2) is 0 Å². The highest BCUT2D eigenvalue weighted by Crippen LogP contribution is 2.21. The van der Waals surface area contributed by atoms with Gasteiger partial charge in [0.1, 0.15) is 6.10 Å². The first kappa shape index (κ1) is 19.4. The molecule has 0 radical (unpaired) electrons. The van der Waals surface area contributed by atoms with Crippen molar-refractivity contribution < 1.29 is 9.53 Å². The van der Waals surface area contributed by atoms with Crippen molar-refractivity contribution >= 4 is 5.91 Å². The minimum absolute atomic E-state index is 0.0461. The highest BCUT2D eigenvalue weighted by Gasteiger charge is 2.23. The number of nitrogens with one attached hydrogen (secondary N) is 1. The van der Waals surface area contributed by atoms with Gasteiger partial charge in [-0.2, -0.15) is 0 Å². The summed E-state index contributed by atoms with van der Waals surface area (Å²) in [4.78, 5) is 16.2. The molecule has 5 nitrogen and oxygen atoms in total. The van der Waals surface area contributed by atoms with Gasteiger partial charge >= 0.3 is 0 Å². The number of nitrogens with zero attached hydrogens (tertiary/aromatic N) is 2. The number of rotatable bonds is 7. The van der Waals surface area contributed by atoms with Crippen LogP contribution in [0, 0.1) is 0 Å². The molecular weight excluding hydrogens is 362 g/mol. The number of hydrogen-bond donors (Lipinski definition) is 1. The second-order valence-electron chi connectivity index (χ2n) is 7.45. The summed E-state index contributed by atoms with van der Waals surface area (Å²) < 4.78 is 7.61. The first-order chi connectivity index (χ1) is 14.2. The summed E-state index contributed by atoms with van der Waals surface area (Å²) in [5.74, 6) is -0.0461. The van der Waals surface area contributed by atoms with Crippen molar-refractivity contribution in [1.82, 2.24) is 14.9 Å². The highest BCUT2D eigenvalue weighted by atomic mass is 16.5. The SMILES string of the molecule is CCc1ccc(-c2ccc(CCn3cnc(CC4OCCNC4=O)c3)cc2)cc1. The molecule has 2 heterocycles. The molecule has 0 saturated carbocycles. The van der Waals surface area contributed by atoms with Crippen LogP contribution < -0.4 is 5.32 Å². The van der Waals surface area contributed by atoms with Gasteiger partial charge in [0, 0.05) is 25.7 Å². The van der Waals surface area contributed by atoms with E-state index in [4.69, 9.17) is 4.74 Å². The Labute approximate surface area is 171 Å². The van der Waals surface area contributed by atoms with E-state index in [1.54, 1.807) is 0 Å². The molecule has 1 saturated heterocycles. The third kappa shape index (κ3) is 4.93. The van der Waals surface area contributed by atoms with Crippen LogP contribution in [-0.4, -0.2) is 34.7 Å². The number of morpholine rings is 1. The molecule has 0 aliphatic carbocycles. The number of carbonyl (C=O) groups excluding carboxylic acids is 1. The minimum Gasteiger partial charge on any atom is -0.366 e.